The maximum absolute atomic E-state index is 5.66. The molecule has 5 heteroatoms. The van der Waals surface area contributed by atoms with Gasteiger partial charge in [-0.1, -0.05) is 0 Å². The predicted molar refractivity (Wildman–Crippen MR) is 80.4 cm³/mol. The largest absolute Gasteiger partial charge is 0.492 e. The van der Waals surface area contributed by atoms with Crippen LogP contribution in [0.2, 0.25) is 0 Å². The molecular formula is C14H18BrN3O. The molecule has 0 spiro atoms. The number of halogens is 1. The van der Waals surface area contributed by atoms with Gasteiger partial charge in [0.15, 0.2) is 0 Å². The molecule has 0 saturated heterocycles. The topological polar surface area (TPSA) is 30.3 Å². The summed E-state index contributed by atoms with van der Waals surface area (Å²) in [5, 5.41) is 4.42. The quantitative estimate of drug-likeness (QED) is 0.847. The Morgan fingerprint density at radius 1 is 1.26 bits per heavy atom. The van der Waals surface area contributed by atoms with Crippen LogP contribution in [-0.4, -0.2) is 41.9 Å². The van der Waals surface area contributed by atoms with Crippen LogP contribution in [0, 0.1) is 0 Å². The first kappa shape index (κ1) is 14.1. The van der Waals surface area contributed by atoms with Gasteiger partial charge < -0.3 is 9.64 Å². The van der Waals surface area contributed by atoms with Crippen LogP contribution in [0.1, 0.15) is 0 Å². The lowest BCUT2D eigenvalue weighted by Gasteiger charge is -2.11. The van der Waals surface area contributed by atoms with Crippen molar-refractivity contribution in [3.05, 3.63) is 34.9 Å². The van der Waals surface area contributed by atoms with Crippen LogP contribution in [-0.2, 0) is 7.05 Å². The SMILES string of the molecule is CN(C)CCOc1ccc(-c2nn(C)cc2Br)cc1. The van der Waals surface area contributed by atoms with Crippen LogP contribution in [0.5, 0.6) is 5.75 Å². The Morgan fingerprint density at radius 2 is 1.95 bits per heavy atom. The summed E-state index contributed by atoms with van der Waals surface area (Å²) < 4.78 is 8.45. The normalized spacial score (nSPS) is 11.0. The van der Waals surface area contributed by atoms with Crippen molar-refractivity contribution >= 4 is 15.9 Å². The molecule has 2 rings (SSSR count). The van der Waals surface area contributed by atoms with Crippen molar-refractivity contribution in [2.75, 3.05) is 27.2 Å². The highest BCUT2D eigenvalue weighted by Crippen LogP contribution is 2.27. The van der Waals surface area contributed by atoms with Gasteiger partial charge in [-0.05, 0) is 54.3 Å². The van der Waals surface area contributed by atoms with Crippen LogP contribution in [0.4, 0.5) is 0 Å². The van der Waals surface area contributed by atoms with E-state index in [-0.39, 0.29) is 0 Å². The van der Waals surface area contributed by atoms with Crippen molar-refractivity contribution in [3.63, 3.8) is 0 Å². The fourth-order valence-corrected chi connectivity index (χ4v) is 2.31. The van der Waals surface area contributed by atoms with Gasteiger partial charge in [-0.25, -0.2) is 0 Å². The Balaban J connectivity index is 2.04. The summed E-state index contributed by atoms with van der Waals surface area (Å²) >= 11 is 3.51. The summed E-state index contributed by atoms with van der Waals surface area (Å²) in [6.45, 7) is 1.60. The minimum atomic E-state index is 0.694. The summed E-state index contributed by atoms with van der Waals surface area (Å²) in [5.74, 6) is 0.887. The van der Waals surface area contributed by atoms with E-state index in [1.165, 1.54) is 0 Å². The van der Waals surface area contributed by atoms with Crippen molar-refractivity contribution < 1.29 is 4.74 Å². The van der Waals surface area contributed by atoms with Crippen LogP contribution >= 0.6 is 15.9 Å². The van der Waals surface area contributed by atoms with E-state index in [0.29, 0.717) is 6.61 Å². The molecule has 0 N–H and O–H groups in total. The lowest BCUT2D eigenvalue weighted by Crippen LogP contribution is -2.19. The number of nitrogens with zero attached hydrogens (tertiary/aromatic N) is 3. The molecular weight excluding hydrogens is 306 g/mol. The molecule has 19 heavy (non-hydrogen) atoms. The number of hydrogen-bond acceptors (Lipinski definition) is 3. The summed E-state index contributed by atoms with van der Waals surface area (Å²) in [7, 11) is 5.98. The minimum Gasteiger partial charge on any atom is -0.492 e. The number of aromatic nitrogens is 2. The summed E-state index contributed by atoms with van der Waals surface area (Å²) in [6.07, 6.45) is 1.94. The van der Waals surface area contributed by atoms with Crippen molar-refractivity contribution in [1.82, 2.24) is 14.7 Å². The smallest absolute Gasteiger partial charge is 0.119 e. The third-order valence-corrected chi connectivity index (χ3v) is 3.30. The highest BCUT2D eigenvalue weighted by molar-refractivity contribution is 9.10. The van der Waals surface area contributed by atoms with Crippen molar-refractivity contribution in [1.29, 1.82) is 0 Å². The van der Waals surface area contributed by atoms with E-state index in [9.17, 15) is 0 Å². The van der Waals surface area contributed by atoms with Gasteiger partial charge in [-0.2, -0.15) is 5.10 Å². The van der Waals surface area contributed by atoms with Gasteiger partial charge >= 0.3 is 0 Å². The molecule has 1 aromatic carbocycles. The van der Waals surface area contributed by atoms with Gasteiger partial charge in [0, 0.05) is 25.4 Å². The number of benzene rings is 1. The van der Waals surface area contributed by atoms with E-state index >= 15 is 0 Å². The number of rotatable bonds is 5. The van der Waals surface area contributed by atoms with Crippen LogP contribution in [0.3, 0.4) is 0 Å². The molecule has 0 amide bonds. The highest BCUT2D eigenvalue weighted by atomic mass is 79.9. The van der Waals surface area contributed by atoms with Gasteiger partial charge in [0.25, 0.3) is 0 Å². The van der Waals surface area contributed by atoms with E-state index in [1.54, 1.807) is 4.68 Å². The molecule has 0 unspecified atom stereocenters. The summed E-state index contributed by atoms with van der Waals surface area (Å²) in [5.41, 5.74) is 2.02. The van der Waals surface area contributed by atoms with E-state index in [2.05, 4.69) is 25.9 Å². The first-order valence-electron chi connectivity index (χ1n) is 6.13. The molecule has 4 nitrogen and oxygen atoms in total. The standard InChI is InChI=1S/C14H18BrN3O/c1-17(2)8-9-19-12-6-4-11(5-7-12)14-13(15)10-18(3)16-14/h4-7,10H,8-9H2,1-3H3. The molecule has 0 atom stereocenters. The lowest BCUT2D eigenvalue weighted by molar-refractivity contribution is 0.261. The molecule has 0 aliphatic carbocycles. The highest BCUT2D eigenvalue weighted by Gasteiger charge is 2.07. The number of likely N-dealkylation sites (N-methyl/N-ethyl adjacent to an activating group) is 1. The Labute approximate surface area is 122 Å². The zero-order valence-corrected chi connectivity index (χ0v) is 13.0. The van der Waals surface area contributed by atoms with Crippen molar-refractivity contribution in [2.24, 2.45) is 7.05 Å². The third-order valence-electron chi connectivity index (χ3n) is 2.72. The van der Waals surface area contributed by atoms with E-state index in [1.807, 2.05) is 51.6 Å². The Morgan fingerprint density at radius 3 is 2.47 bits per heavy atom. The zero-order valence-electron chi connectivity index (χ0n) is 11.4. The molecule has 102 valence electrons. The molecule has 0 fully saturated rings. The van der Waals surface area contributed by atoms with Gasteiger partial charge in [0.1, 0.15) is 18.1 Å². The molecule has 0 aliphatic rings. The molecule has 1 heterocycles. The number of ether oxygens (including phenoxy) is 1. The fraction of sp³-hybridized carbons (Fsp3) is 0.357. The second kappa shape index (κ2) is 6.21. The van der Waals surface area contributed by atoms with Crippen LogP contribution in [0.15, 0.2) is 34.9 Å². The average molecular weight is 324 g/mol. The first-order valence-corrected chi connectivity index (χ1v) is 6.92. The maximum atomic E-state index is 5.66. The first-order chi connectivity index (χ1) is 9.06. The third kappa shape index (κ3) is 3.81. The second-order valence-corrected chi connectivity index (χ2v) is 5.53. The lowest BCUT2D eigenvalue weighted by atomic mass is 10.1. The zero-order chi connectivity index (χ0) is 13.8. The Kier molecular flexibility index (Phi) is 4.61. The van der Waals surface area contributed by atoms with Gasteiger partial charge in [0.2, 0.25) is 0 Å². The number of hydrogen-bond donors (Lipinski definition) is 0. The fourth-order valence-electron chi connectivity index (χ4n) is 1.71. The van der Waals surface area contributed by atoms with Gasteiger partial charge in [-0.3, -0.25) is 4.68 Å². The van der Waals surface area contributed by atoms with E-state index in [0.717, 1.165) is 28.0 Å². The number of aryl methyl sites for hydroxylation is 1. The van der Waals surface area contributed by atoms with Crippen molar-refractivity contribution in [2.45, 2.75) is 0 Å². The molecule has 1 aromatic heterocycles. The minimum absolute atomic E-state index is 0.694. The predicted octanol–water partition coefficient (Wildman–Crippen LogP) is 2.79. The van der Waals surface area contributed by atoms with Gasteiger partial charge in [-0.15, -0.1) is 0 Å². The van der Waals surface area contributed by atoms with Gasteiger partial charge in [0.05, 0.1) is 4.47 Å². The second-order valence-electron chi connectivity index (χ2n) is 4.68. The Hall–Kier alpha value is -1.33. The van der Waals surface area contributed by atoms with E-state index < -0.39 is 0 Å². The summed E-state index contributed by atoms with van der Waals surface area (Å²) in [6, 6.07) is 8.01. The molecule has 0 radical (unpaired) electrons. The molecule has 0 saturated carbocycles. The van der Waals surface area contributed by atoms with E-state index in [4.69, 9.17) is 4.74 Å². The van der Waals surface area contributed by atoms with Crippen LogP contribution < -0.4 is 4.74 Å². The van der Waals surface area contributed by atoms with Crippen molar-refractivity contribution in [3.8, 4) is 17.0 Å². The summed E-state index contributed by atoms with van der Waals surface area (Å²) in [4.78, 5) is 2.10. The Bertz CT molecular complexity index is 534. The van der Waals surface area contributed by atoms with Crippen LogP contribution in [0.25, 0.3) is 11.3 Å². The molecule has 0 bridgehead atoms. The monoisotopic (exact) mass is 323 g/mol. The molecule has 0 aliphatic heterocycles. The maximum Gasteiger partial charge on any atom is 0.119 e. The average Bonchev–Trinajstić information content (AvgIpc) is 2.69. The molecule has 2 aromatic rings.